The van der Waals surface area contributed by atoms with Crippen molar-refractivity contribution < 1.29 is 0 Å². The molecule has 0 bridgehead atoms. The first-order valence-corrected chi connectivity index (χ1v) is 2.88. The summed E-state index contributed by atoms with van der Waals surface area (Å²) < 4.78 is 0. The van der Waals surface area contributed by atoms with Crippen LogP contribution in [0.2, 0.25) is 0 Å². The van der Waals surface area contributed by atoms with Gasteiger partial charge in [-0.15, -0.1) is 0 Å². The van der Waals surface area contributed by atoms with Crippen LogP contribution in [0.4, 0.5) is 0 Å². The quantitative estimate of drug-likeness (QED) is 0.558. The molecule has 1 atom stereocenters. The highest BCUT2D eigenvalue weighted by Gasteiger charge is 1.95. The van der Waals surface area contributed by atoms with Crippen LogP contribution in [-0.4, -0.2) is 6.04 Å². The normalized spacial score (nSPS) is 15.0. The first kappa shape index (κ1) is 6.96. The van der Waals surface area contributed by atoms with E-state index in [-0.39, 0.29) is 0 Å². The Hall–Kier alpha value is -0.0400. The van der Waals surface area contributed by atoms with E-state index in [2.05, 4.69) is 13.8 Å². The van der Waals surface area contributed by atoms with Gasteiger partial charge in [-0.2, -0.15) is 0 Å². The maximum atomic E-state index is 5.49. The molecule has 0 radical (unpaired) electrons. The SMILES string of the molecule is CC(C)C[C@H](C)N. The second-order valence-electron chi connectivity index (χ2n) is 2.61. The van der Waals surface area contributed by atoms with Crippen LogP contribution in [0.15, 0.2) is 0 Å². The third-order valence-corrected chi connectivity index (χ3v) is 0.843. The molecule has 0 saturated heterocycles. The predicted molar refractivity (Wildman–Crippen MR) is 33.1 cm³/mol. The summed E-state index contributed by atoms with van der Waals surface area (Å²) in [6, 6.07) is 0.375. The Morgan fingerprint density at radius 2 is 1.71 bits per heavy atom. The van der Waals surface area contributed by atoms with Gasteiger partial charge in [-0.1, -0.05) is 13.8 Å². The van der Waals surface area contributed by atoms with Crippen molar-refractivity contribution in [2.75, 3.05) is 0 Å². The zero-order valence-corrected chi connectivity index (χ0v) is 5.44. The zero-order chi connectivity index (χ0) is 5.86. The van der Waals surface area contributed by atoms with Gasteiger partial charge >= 0.3 is 0 Å². The van der Waals surface area contributed by atoms with E-state index in [1.165, 1.54) is 0 Å². The zero-order valence-electron chi connectivity index (χ0n) is 5.44. The molecule has 1 nitrogen and oxygen atoms in total. The lowest BCUT2D eigenvalue weighted by atomic mass is 10.1. The molecule has 0 aromatic heterocycles. The minimum Gasteiger partial charge on any atom is -0.328 e. The minimum absolute atomic E-state index is 0.375. The molecule has 0 unspecified atom stereocenters. The van der Waals surface area contributed by atoms with Crippen molar-refractivity contribution >= 4 is 0 Å². The molecule has 1 heteroatoms. The van der Waals surface area contributed by atoms with Crippen LogP contribution in [0.5, 0.6) is 0 Å². The van der Waals surface area contributed by atoms with Crippen LogP contribution in [0.1, 0.15) is 27.2 Å². The van der Waals surface area contributed by atoms with Gasteiger partial charge in [0.15, 0.2) is 0 Å². The Bertz CT molecular complexity index is 33.4. The Morgan fingerprint density at radius 1 is 1.29 bits per heavy atom. The third-order valence-electron chi connectivity index (χ3n) is 0.843. The fourth-order valence-corrected chi connectivity index (χ4v) is 0.744. The number of hydrogen-bond acceptors (Lipinski definition) is 1. The van der Waals surface area contributed by atoms with E-state index in [0.29, 0.717) is 6.04 Å². The van der Waals surface area contributed by atoms with Crippen molar-refractivity contribution in [3.8, 4) is 0 Å². The molecule has 0 saturated carbocycles. The Labute approximate surface area is 45.9 Å². The first-order valence-electron chi connectivity index (χ1n) is 2.88. The van der Waals surface area contributed by atoms with Crippen molar-refractivity contribution in [2.24, 2.45) is 11.7 Å². The highest BCUT2D eigenvalue weighted by atomic mass is 14.6. The Morgan fingerprint density at radius 3 is 1.71 bits per heavy atom. The number of hydrogen-bond donors (Lipinski definition) is 1. The van der Waals surface area contributed by atoms with Crippen LogP contribution in [0, 0.1) is 5.92 Å². The lowest BCUT2D eigenvalue weighted by molar-refractivity contribution is 0.520. The van der Waals surface area contributed by atoms with Crippen molar-refractivity contribution in [1.82, 2.24) is 0 Å². The third kappa shape index (κ3) is 5.96. The lowest BCUT2D eigenvalue weighted by Crippen LogP contribution is -2.16. The molecule has 0 aliphatic heterocycles. The number of nitrogens with two attached hydrogens (primary N) is 1. The maximum absolute atomic E-state index is 5.49. The predicted octanol–water partition coefficient (Wildman–Crippen LogP) is 1.38. The van der Waals surface area contributed by atoms with Crippen LogP contribution >= 0.6 is 0 Å². The van der Waals surface area contributed by atoms with E-state index in [0.717, 1.165) is 12.3 Å². The summed E-state index contributed by atoms with van der Waals surface area (Å²) in [5.74, 6) is 0.750. The molecule has 0 heterocycles. The molecule has 44 valence electrons. The Kier molecular flexibility index (Phi) is 3.01. The minimum atomic E-state index is 0.375. The smallest absolute Gasteiger partial charge is 0.00129 e. The molecular formula is C6H15N. The summed E-state index contributed by atoms with van der Waals surface area (Å²) in [6.07, 6.45) is 1.14. The van der Waals surface area contributed by atoms with Crippen molar-refractivity contribution in [2.45, 2.75) is 33.2 Å². The summed E-state index contributed by atoms with van der Waals surface area (Å²) >= 11 is 0. The van der Waals surface area contributed by atoms with Crippen LogP contribution in [-0.2, 0) is 0 Å². The summed E-state index contributed by atoms with van der Waals surface area (Å²) in [7, 11) is 0. The van der Waals surface area contributed by atoms with Gasteiger partial charge < -0.3 is 5.73 Å². The highest BCUT2D eigenvalue weighted by Crippen LogP contribution is 2.00. The lowest BCUT2D eigenvalue weighted by Gasteiger charge is -2.05. The van der Waals surface area contributed by atoms with Gasteiger partial charge in [0.05, 0.1) is 0 Å². The average molecular weight is 101 g/mol. The van der Waals surface area contributed by atoms with Gasteiger partial charge in [-0.3, -0.25) is 0 Å². The standard InChI is InChI=1S/C6H15N/c1-5(2)4-6(3)7/h5-6H,4,7H2,1-3H3/t6-/m0/s1. The van der Waals surface area contributed by atoms with Crippen LogP contribution < -0.4 is 5.73 Å². The molecule has 0 aliphatic carbocycles. The molecule has 0 fully saturated rings. The molecule has 2 N–H and O–H groups in total. The number of rotatable bonds is 2. The average Bonchev–Trinajstić information content (AvgIpc) is 1.27. The van der Waals surface area contributed by atoms with E-state index in [9.17, 15) is 0 Å². The van der Waals surface area contributed by atoms with Gasteiger partial charge in [-0.25, -0.2) is 0 Å². The van der Waals surface area contributed by atoms with E-state index in [1.54, 1.807) is 0 Å². The summed E-state index contributed by atoms with van der Waals surface area (Å²) in [5.41, 5.74) is 5.49. The Balaban J connectivity index is 2.95. The summed E-state index contributed by atoms with van der Waals surface area (Å²) in [5, 5.41) is 0. The van der Waals surface area contributed by atoms with Gasteiger partial charge in [0.2, 0.25) is 0 Å². The van der Waals surface area contributed by atoms with Gasteiger partial charge in [-0.05, 0) is 19.3 Å². The summed E-state index contributed by atoms with van der Waals surface area (Å²) in [4.78, 5) is 0. The molecule has 0 spiro atoms. The second kappa shape index (κ2) is 3.03. The van der Waals surface area contributed by atoms with Crippen molar-refractivity contribution in [1.29, 1.82) is 0 Å². The van der Waals surface area contributed by atoms with Crippen LogP contribution in [0.3, 0.4) is 0 Å². The first-order chi connectivity index (χ1) is 3.13. The molecule has 0 aromatic carbocycles. The molecular weight excluding hydrogens is 86.1 g/mol. The van der Waals surface area contributed by atoms with E-state index >= 15 is 0 Å². The fraction of sp³-hybridized carbons (Fsp3) is 1.00. The molecule has 0 amide bonds. The summed E-state index contributed by atoms with van der Waals surface area (Å²) in [6.45, 7) is 6.41. The second-order valence-corrected chi connectivity index (χ2v) is 2.61. The molecule has 0 aliphatic rings. The van der Waals surface area contributed by atoms with E-state index in [1.807, 2.05) is 6.92 Å². The van der Waals surface area contributed by atoms with Crippen LogP contribution in [0.25, 0.3) is 0 Å². The van der Waals surface area contributed by atoms with Gasteiger partial charge in [0, 0.05) is 6.04 Å². The highest BCUT2D eigenvalue weighted by molar-refractivity contribution is 4.54. The monoisotopic (exact) mass is 101 g/mol. The molecule has 0 rings (SSSR count). The maximum Gasteiger partial charge on any atom is 0.00129 e. The van der Waals surface area contributed by atoms with Gasteiger partial charge in [0.25, 0.3) is 0 Å². The topological polar surface area (TPSA) is 26.0 Å². The van der Waals surface area contributed by atoms with Crippen molar-refractivity contribution in [3.63, 3.8) is 0 Å². The van der Waals surface area contributed by atoms with Crippen molar-refractivity contribution in [3.05, 3.63) is 0 Å². The largest absolute Gasteiger partial charge is 0.328 e. The van der Waals surface area contributed by atoms with Gasteiger partial charge in [0.1, 0.15) is 0 Å². The van der Waals surface area contributed by atoms with E-state index < -0.39 is 0 Å². The fourth-order valence-electron chi connectivity index (χ4n) is 0.744. The van der Waals surface area contributed by atoms with E-state index in [4.69, 9.17) is 5.73 Å². The molecule has 0 aromatic rings. The molecule has 7 heavy (non-hydrogen) atoms.